The predicted octanol–water partition coefficient (Wildman–Crippen LogP) is 3.19. The van der Waals surface area contributed by atoms with Gasteiger partial charge in [0.05, 0.1) is 6.33 Å². The quantitative estimate of drug-likeness (QED) is 0.839. The molecule has 1 aromatic heterocycles. The molecule has 0 aliphatic carbocycles. The molecule has 1 N–H and O–H groups in total. The molecule has 2 amide bonds. The van der Waals surface area contributed by atoms with Gasteiger partial charge in [-0.25, -0.2) is 9.78 Å². The summed E-state index contributed by atoms with van der Waals surface area (Å²) in [6, 6.07) is 8.19. The Morgan fingerprint density at radius 2 is 1.93 bits per heavy atom. The van der Waals surface area contributed by atoms with E-state index < -0.39 is 5.60 Å². The van der Waals surface area contributed by atoms with E-state index in [1.807, 2.05) is 43.7 Å². The van der Waals surface area contributed by atoms with Gasteiger partial charge < -0.3 is 19.5 Å². The van der Waals surface area contributed by atoms with E-state index in [1.165, 1.54) is 5.56 Å². The number of ether oxygens (including phenoxy) is 1. The van der Waals surface area contributed by atoms with Crippen LogP contribution in [0.5, 0.6) is 0 Å². The fourth-order valence-electron chi connectivity index (χ4n) is 3.41. The summed E-state index contributed by atoms with van der Waals surface area (Å²) in [5, 5.41) is 3.04. The molecule has 7 nitrogen and oxygen atoms in total. The Bertz CT molecular complexity index is 819. The van der Waals surface area contributed by atoms with Gasteiger partial charge in [0.25, 0.3) is 0 Å². The Morgan fingerprint density at radius 1 is 1.21 bits per heavy atom. The standard InChI is InChI=1S/C22H30N4O3/c1-22(2,3)29-21(28)26-10-7-19(8-11-26)20(27)24-14-17-5-4-6-18(13-17)15-25-12-9-23-16-25/h4-6,9,12-13,16,19H,7-8,10-11,14-15H2,1-3H3,(H,24,27). The number of amides is 2. The molecule has 0 atom stereocenters. The molecule has 1 aromatic carbocycles. The van der Waals surface area contributed by atoms with Crippen molar-refractivity contribution in [1.82, 2.24) is 19.8 Å². The summed E-state index contributed by atoms with van der Waals surface area (Å²) >= 11 is 0. The minimum atomic E-state index is -0.502. The fourth-order valence-corrected chi connectivity index (χ4v) is 3.41. The van der Waals surface area contributed by atoms with E-state index in [1.54, 1.807) is 17.4 Å². The molecule has 1 aliphatic rings. The zero-order chi connectivity index (χ0) is 20.9. The second-order valence-electron chi connectivity index (χ2n) is 8.51. The van der Waals surface area contributed by atoms with E-state index in [0.29, 0.717) is 32.5 Å². The third-order valence-corrected chi connectivity index (χ3v) is 4.90. The van der Waals surface area contributed by atoms with Gasteiger partial charge in [-0.2, -0.15) is 0 Å². The number of carbonyl (C=O) groups is 2. The van der Waals surface area contributed by atoms with Crippen molar-refractivity contribution < 1.29 is 14.3 Å². The number of benzene rings is 1. The van der Waals surface area contributed by atoms with E-state index >= 15 is 0 Å². The minimum Gasteiger partial charge on any atom is -0.444 e. The number of rotatable bonds is 5. The van der Waals surface area contributed by atoms with Crippen LogP contribution in [0.3, 0.4) is 0 Å². The van der Waals surface area contributed by atoms with Crippen LogP contribution in [0.1, 0.15) is 44.7 Å². The number of imidazole rings is 1. The van der Waals surface area contributed by atoms with E-state index in [2.05, 4.69) is 22.4 Å². The first-order valence-electron chi connectivity index (χ1n) is 10.1. The second kappa shape index (κ2) is 9.11. The molecule has 0 unspecified atom stereocenters. The lowest BCUT2D eigenvalue weighted by atomic mass is 9.96. The molecule has 3 rings (SSSR count). The van der Waals surface area contributed by atoms with Crippen LogP contribution in [0.4, 0.5) is 4.79 Å². The maximum atomic E-state index is 12.6. The summed E-state index contributed by atoms with van der Waals surface area (Å²) in [6.45, 7) is 7.93. The number of nitrogens with zero attached hydrogens (tertiary/aromatic N) is 3. The van der Waals surface area contributed by atoms with E-state index in [0.717, 1.165) is 12.1 Å². The predicted molar refractivity (Wildman–Crippen MR) is 110 cm³/mol. The Kier molecular flexibility index (Phi) is 6.56. The van der Waals surface area contributed by atoms with E-state index in [4.69, 9.17) is 4.74 Å². The number of carbonyl (C=O) groups excluding carboxylic acids is 2. The Morgan fingerprint density at radius 3 is 2.59 bits per heavy atom. The second-order valence-corrected chi connectivity index (χ2v) is 8.51. The average Bonchev–Trinajstić information content (AvgIpc) is 3.18. The molecule has 0 radical (unpaired) electrons. The minimum absolute atomic E-state index is 0.0499. The van der Waals surface area contributed by atoms with Gasteiger partial charge in [-0.05, 0) is 44.7 Å². The van der Waals surface area contributed by atoms with Gasteiger partial charge in [-0.3, -0.25) is 4.79 Å². The monoisotopic (exact) mass is 398 g/mol. The summed E-state index contributed by atoms with van der Waals surface area (Å²) in [6.07, 6.45) is 6.50. The number of nitrogens with one attached hydrogen (secondary N) is 1. The van der Waals surface area contributed by atoms with Crippen LogP contribution in [0.25, 0.3) is 0 Å². The maximum Gasteiger partial charge on any atom is 0.410 e. The topological polar surface area (TPSA) is 76.5 Å². The number of hydrogen-bond acceptors (Lipinski definition) is 4. The largest absolute Gasteiger partial charge is 0.444 e. The van der Waals surface area contributed by atoms with E-state index in [9.17, 15) is 9.59 Å². The van der Waals surface area contributed by atoms with Crippen LogP contribution >= 0.6 is 0 Å². The van der Waals surface area contributed by atoms with Crippen molar-refractivity contribution in [2.75, 3.05) is 13.1 Å². The van der Waals surface area contributed by atoms with Crippen LogP contribution < -0.4 is 5.32 Å². The molecule has 7 heteroatoms. The highest BCUT2D eigenvalue weighted by Gasteiger charge is 2.29. The molecular formula is C22H30N4O3. The first-order chi connectivity index (χ1) is 13.8. The summed E-state index contributed by atoms with van der Waals surface area (Å²) in [5.74, 6) is -0.0170. The molecule has 1 aliphatic heterocycles. The van der Waals surface area contributed by atoms with Crippen molar-refractivity contribution >= 4 is 12.0 Å². The van der Waals surface area contributed by atoms with Crippen molar-refractivity contribution in [3.8, 4) is 0 Å². The van der Waals surface area contributed by atoms with Crippen molar-refractivity contribution in [3.63, 3.8) is 0 Å². The van der Waals surface area contributed by atoms with Gasteiger partial charge in [0.1, 0.15) is 5.60 Å². The lowest BCUT2D eigenvalue weighted by Gasteiger charge is -2.32. The van der Waals surface area contributed by atoms with Gasteiger partial charge in [-0.1, -0.05) is 24.3 Å². The zero-order valence-electron chi connectivity index (χ0n) is 17.4. The fraction of sp³-hybridized carbons (Fsp3) is 0.500. The lowest BCUT2D eigenvalue weighted by Crippen LogP contribution is -2.44. The molecule has 156 valence electrons. The molecular weight excluding hydrogens is 368 g/mol. The molecule has 1 fully saturated rings. The molecule has 2 aromatic rings. The van der Waals surface area contributed by atoms with Gasteiger partial charge in [-0.15, -0.1) is 0 Å². The average molecular weight is 399 g/mol. The van der Waals surface area contributed by atoms with Gasteiger partial charge in [0, 0.05) is 44.5 Å². The number of hydrogen-bond donors (Lipinski definition) is 1. The number of likely N-dealkylation sites (tertiary alicyclic amines) is 1. The molecule has 1 saturated heterocycles. The van der Waals surface area contributed by atoms with Crippen LogP contribution in [0.15, 0.2) is 43.0 Å². The van der Waals surface area contributed by atoms with Crippen molar-refractivity contribution in [1.29, 1.82) is 0 Å². The number of piperidine rings is 1. The van der Waals surface area contributed by atoms with Crippen LogP contribution in [-0.2, 0) is 22.6 Å². The van der Waals surface area contributed by atoms with Crippen molar-refractivity contribution in [3.05, 3.63) is 54.1 Å². The molecule has 2 heterocycles. The highest BCUT2D eigenvalue weighted by atomic mass is 16.6. The molecule has 29 heavy (non-hydrogen) atoms. The molecule has 0 spiro atoms. The van der Waals surface area contributed by atoms with Crippen molar-refractivity contribution in [2.24, 2.45) is 5.92 Å². The third-order valence-electron chi connectivity index (χ3n) is 4.90. The lowest BCUT2D eigenvalue weighted by molar-refractivity contribution is -0.126. The highest BCUT2D eigenvalue weighted by Crippen LogP contribution is 2.20. The molecule has 0 bridgehead atoms. The van der Waals surface area contributed by atoms with Crippen LogP contribution in [0, 0.1) is 5.92 Å². The maximum absolute atomic E-state index is 12.6. The Labute approximate surface area is 172 Å². The smallest absolute Gasteiger partial charge is 0.410 e. The van der Waals surface area contributed by atoms with Crippen molar-refractivity contribution in [2.45, 2.75) is 52.3 Å². The number of aromatic nitrogens is 2. The molecule has 0 saturated carbocycles. The normalized spacial score (nSPS) is 15.2. The van der Waals surface area contributed by atoms with E-state index in [-0.39, 0.29) is 17.9 Å². The Balaban J connectivity index is 1.45. The van der Waals surface area contributed by atoms with Crippen LogP contribution in [0.2, 0.25) is 0 Å². The first-order valence-corrected chi connectivity index (χ1v) is 10.1. The SMILES string of the molecule is CC(C)(C)OC(=O)N1CCC(C(=O)NCc2cccc(Cn3ccnc3)c2)CC1. The summed E-state index contributed by atoms with van der Waals surface area (Å²) in [7, 11) is 0. The summed E-state index contributed by atoms with van der Waals surface area (Å²) < 4.78 is 7.42. The van der Waals surface area contributed by atoms with Gasteiger partial charge in [0.2, 0.25) is 5.91 Å². The van der Waals surface area contributed by atoms with Crippen LogP contribution in [-0.4, -0.2) is 45.1 Å². The summed E-state index contributed by atoms with van der Waals surface area (Å²) in [4.78, 5) is 30.5. The highest BCUT2D eigenvalue weighted by molar-refractivity contribution is 5.79. The zero-order valence-corrected chi connectivity index (χ0v) is 17.4. The Hall–Kier alpha value is -2.83. The van der Waals surface area contributed by atoms with Gasteiger partial charge in [0.15, 0.2) is 0 Å². The third kappa shape index (κ3) is 6.34. The summed E-state index contributed by atoms with van der Waals surface area (Å²) in [5.41, 5.74) is 1.74. The first kappa shape index (κ1) is 20.9. The van der Waals surface area contributed by atoms with Gasteiger partial charge >= 0.3 is 6.09 Å².